The van der Waals surface area contributed by atoms with Crippen molar-refractivity contribution in [2.24, 2.45) is 5.92 Å². The van der Waals surface area contributed by atoms with Gasteiger partial charge in [-0.15, -0.1) is 0 Å². The van der Waals surface area contributed by atoms with E-state index in [1.807, 2.05) is 11.9 Å². The monoisotopic (exact) mass is 224 g/mol. The van der Waals surface area contributed by atoms with Crippen molar-refractivity contribution < 1.29 is 4.79 Å². The minimum atomic E-state index is 0.265. The summed E-state index contributed by atoms with van der Waals surface area (Å²) >= 11 is 0. The molecule has 3 heteroatoms. The number of carbonyl (C=O) groups excluding carboxylic acids is 1. The molecule has 16 heavy (non-hydrogen) atoms. The van der Waals surface area contributed by atoms with Crippen LogP contribution < -0.4 is 5.32 Å². The molecule has 2 fully saturated rings. The minimum Gasteiger partial charge on any atom is -0.342 e. The molecule has 0 aromatic heterocycles. The van der Waals surface area contributed by atoms with Crippen LogP contribution in [0.5, 0.6) is 0 Å². The molecule has 0 aliphatic heterocycles. The van der Waals surface area contributed by atoms with E-state index in [9.17, 15) is 4.79 Å². The van der Waals surface area contributed by atoms with Gasteiger partial charge in [-0.1, -0.05) is 6.92 Å². The number of nitrogens with zero attached hydrogens (tertiary/aromatic N) is 1. The summed E-state index contributed by atoms with van der Waals surface area (Å²) in [6.45, 7) is 2.86. The van der Waals surface area contributed by atoms with Gasteiger partial charge in [0.2, 0.25) is 5.91 Å². The van der Waals surface area contributed by atoms with Crippen LogP contribution in [-0.4, -0.2) is 36.5 Å². The number of carbonyl (C=O) groups is 1. The fourth-order valence-electron chi connectivity index (χ4n) is 2.49. The van der Waals surface area contributed by atoms with Gasteiger partial charge in [-0.05, 0) is 44.4 Å². The summed E-state index contributed by atoms with van der Waals surface area (Å²) in [6.07, 6.45) is 7.49. The van der Waals surface area contributed by atoms with E-state index in [1.165, 1.54) is 38.5 Å². The summed E-state index contributed by atoms with van der Waals surface area (Å²) in [5.41, 5.74) is 0. The largest absolute Gasteiger partial charge is 0.342 e. The zero-order valence-electron chi connectivity index (χ0n) is 10.5. The van der Waals surface area contributed by atoms with Crippen LogP contribution in [-0.2, 0) is 4.79 Å². The normalized spacial score (nSPS) is 30.1. The predicted molar refractivity (Wildman–Crippen MR) is 65.2 cm³/mol. The van der Waals surface area contributed by atoms with Gasteiger partial charge >= 0.3 is 0 Å². The zero-order valence-corrected chi connectivity index (χ0v) is 10.5. The Morgan fingerprint density at radius 2 is 1.81 bits per heavy atom. The van der Waals surface area contributed by atoms with Gasteiger partial charge < -0.3 is 10.2 Å². The van der Waals surface area contributed by atoms with Crippen LogP contribution in [0.25, 0.3) is 0 Å². The van der Waals surface area contributed by atoms with Gasteiger partial charge in [0.25, 0.3) is 0 Å². The number of amides is 1. The molecule has 0 aromatic carbocycles. The highest BCUT2D eigenvalue weighted by molar-refractivity contribution is 5.78. The Balaban J connectivity index is 1.64. The quantitative estimate of drug-likeness (QED) is 0.789. The lowest BCUT2D eigenvalue weighted by Gasteiger charge is -2.27. The molecule has 2 rings (SSSR count). The summed E-state index contributed by atoms with van der Waals surface area (Å²) in [5, 5.41) is 3.41. The maximum Gasteiger partial charge on any atom is 0.236 e. The van der Waals surface area contributed by atoms with E-state index in [1.54, 1.807) is 0 Å². The Kier molecular flexibility index (Phi) is 3.85. The molecule has 0 spiro atoms. The van der Waals surface area contributed by atoms with Crippen molar-refractivity contribution in [3.8, 4) is 0 Å². The molecule has 1 N–H and O–H groups in total. The Hall–Kier alpha value is -0.570. The molecule has 2 aliphatic rings. The summed E-state index contributed by atoms with van der Waals surface area (Å²) in [5.74, 6) is 1.14. The minimum absolute atomic E-state index is 0.265. The van der Waals surface area contributed by atoms with Crippen molar-refractivity contribution in [2.75, 3.05) is 13.6 Å². The third kappa shape index (κ3) is 3.21. The first kappa shape index (κ1) is 11.9. The van der Waals surface area contributed by atoms with E-state index in [0.29, 0.717) is 18.6 Å². The Morgan fingerprint density at radius 3 is 2.38 bits per heavy atom. The average molecular weight is 224 g/mol. The van der Waals surface area contributed by atoms with Crippen LogP contribution in [0.4, 0.5) is 0 Å². The van der Waals surface area contributed by atoms with E-state index < -0.39 is 0 Å². The van der Waals surface area contributed by atoms with Gasteiger partial charge in [-0.25, -0.2) is 0 Å². The fourth-order valence-corrected chi connectivity index (χ4v) is 2.49. The van der Waals surface area contributed by atoms with E-state index >= 15 is 0 Å². The standard InChI is InChI=1S/C13H24N2O/c1-10-3-5-11(6-4-10)14-9-13(16)15(2)12-7-8-12/h10-12,14H,3-9H2,1-2H3. The van der Waals surface area contributed by atoms with Gasteiger partial charge in [-0.2, -0.15) is 0 Å². The Morgan fingerprint density at radius 1 is 1.19 bits per heavy atom. The molecule has 2 aliphatic carbocycles. The number of hydrogen-bond donors (Lipinski definition) is 1. The molecule has 2 saturated carbocycles. The molecular weight excluding hydrogens is 200 g/mol. The summed E-state index contributed by atoms with van der Waals surface area (Å²) in [6, 6.07) is 1.12. The van der Waals surface area contributed by atoms with Crippen molar-refractivity contribution in [1.29, 1.82) is 0 Å². The van der Waals surface area contributed by atoms with E-state index in [-0.39, 0.29) is 5.91 Å². The van der Waals surface area contributed by atoms with Crippen LogP contribution >= 0.6 is 0 Å². The highest BCUT2D eigenvalue weighted by Crippen LogP contribution is 2.25. The molecule has 0 bridgehead atoms. The van der Waals surface area contributed by atoms with Crippen LogP contribution in [0.1, 0.15) is 45.4 Å². The molecule has 0 atom stereocenters. The Labute approximate surface area is 98.6 Å². The summed E-state index contributed by atoms with van der Waals surface area (Å²) < 4.78 is 0. The van der Waals surface area contributed by atoms with Crippen LogP contribution in [0.3, 0.4) is 0 Å². The van der Waals surface area contributed by atoms with E-state index in [2.05, 4.69) is 12.2 Å². The third-order valence-corrected chi connectivity index (χ3v) is 4.05. The lowest BCUT2D eigenvalue weighted by Crippen LogP contribution is -2.42. The van der Waals surface area contributed by atoms with E-state index in [4.69, 9.17) is 0 Å². The number of likely N-dealkylation sites (N-methyl/N-ethyl adjacent to an activating group) is 1. The number of rotatable bonds is 4. The first-order chi connectivity index (χ1) is 7.66. The highest BCUT2D eigenvalue weighted by atomic mass is 16.2. The highest BCUT2D eigenvalue weighted by Gasteiger charge is 2.29. The number of nitrogens with one attached hydrogen (secondary N) is 1. The molecule has 0 aromatic rings. The fraction of sp³-hybridized carbons (Fsp3) is 0.923. The Bertz CT molecular complexity index is 242. The van der Waals surface area contributed by atoms with Crippen molar-refractivity contribution in [3.05, 3.63) is 0 Å². The maximum atomic E-state index is 11.8. The molecule has 0 heterocycles. The predicted octanol–water partition coefficient (Wildman–Crippen LogP) is 1.78. The van der Waals surface area contributed by atoms with Gasteiger partial charge in [0.1, 0.15) is 0 Å². The second-order valence-electron chi connectivity index (χ2n) is 5.57. The molecule has 1 amide bonds. The van der Waals surface area contributed by atoms with Crippen molar-refractivity contribution >= 4 is 5.91 Å². The SMILES string of the molecule is CC1CCC(NCC(=O)N(C)C2CC2)CC1. The molecule has 0 unspecified atom stereocenters. The van der Waals surface area contributed by atoms with Gasteiger partial charge in [0.15, 0.2) is 0 Å². The lowest BCUT2D eigenvalue weighted by atomic mass is 9.87. The maximum absolute atomic E-state index is 11.8. The van der Waals surface area contributed by atoms with Crippen LogP contribution in [0.15, 0.2) is 0 Å². The lowest BCUT2D eigenvalue weighted by molar-refractivity contribution is -0.129. The smallest absolute Gasteiger partial charge is 0.236 e. The molecule has 0 saturated heterocycles. The van der Waals surface area contributed by atoms with E-state index in [0.717, 1.165) is 5.92 Å². The molecule has 92 valence electrons. The second kappa shape index (κ2) is 5.17. The van der Waals surface area contributed by atoms with Crippen molar-refractivity contribution in [2.45, 2.75) is 57.5 Å². The number of hydrogen-bond acceptors (Lipinski definition) is 2. The molecule has 0 radical (unpaired) electrons. The first-order valence-corrected chi connectivity index (χ1v) is 6.66. The van der Waals surface area contributed by atoms with Crippen molar-refractivity contribution in [3.63, 3.8) is 0 Å². The molecule has 3 nitrogen and oxygen atoms in total. The van der Waals surface area contributed by atoms with Crippen LogP contribution in [0.2, 0.25) is 0 Å². The zero-order chi connectivity index (χ0) is 11.5. The van der Waals surface area contributed by atoms with Gasteiger partial charge in [0.05, 0.1) is 6.54 Å². The third-order valence-electron chi connectivity index (χ3n) is 4.05. The first-order valence-electron chi connectivity index (χ1n) is 6.66. The summed E-state index contributed by atoms with van der Waals surface area (Å²) in [7, 11) is 1.94. The van der Waals surface area contributed by atoms with Gasteiger partial charge in [0, 0.05) is 19.1 Å². The van der Waals surface area contributed by atoms with Crippen molar-refractivity contribution in [1.82, 2.24) is 10.2 Å². The molecular formula is C13H24N2O. The van der Waals surface area contributed by atoms with Crippen LogP contribution in [0, 0.1) is 5.92 Å². The topological polar surface area (TPSA) is 32.3 Å². The second-order valence-corrected chi connectivity index (χ2v) is 5.57. The summed E-state index contributed by atoms with van der Waals surface area (Å²) in [4.78, 5) is 13.7. The average Bonchev–Trinajstić information content (AvgIpc) is 3.11. The van der Waals surface area contributed by atoms with Gasteiger partial charge in [-0.3, -0.25) is 4.79 Å².